The molecule has 0 saturated carbocycles. The first-order chi connectivity index (χ1) is 8.99. The summed E-state index contributed by atoms with van der Waals surface area (Å²) in [7, 11) is 0. The number of nitro groups is 1. The van der Waals surface area contributed by atoms with Gasteiger partial charge in [-0.3, -0.25) is 10.1 Å². The molecule has 100 valence electrons. The molecule has 0 aliphatic carbocycles. The smallest absolute Gasteiger partial charge is 0.327 e. The highest BCUT2D eigenvalue weighted by atomic mass is 32.1. The fraction of sp³-hybridized carbons (Fsp3) is 0.250. The molecule has 0 fully saturated rings. The van der Waals surface area contributed by atoms with Crippen molar-refractivity contribution in [2.24, 2.45) is 0 Å². The van der Waals surface area contributed by atoms with Gasteiger partial charge in [-0.2, -0.15) is 4.39 Å². The molecule has 5 nitrogen and oxygen atoms in total. The van der Waals surface area contributed by atoms with Gasteiger partial charge in [-0.1, -0.05) is 6.07 Å². The van der Waals surface area contributed by atoms with E-state index in [-0.39, 0.29) is 5.69 Å². The number of hydrogen-bond acceptors (Lipinski definition) is 5. The Balaban J connectivity index is 2.22. The SMILES string of the molecule is Cc1nc(CNc2cccc(F)c2[N+](=O)[O-])c(C)s1. The lowest BCUT2D eigenvalue weighted by Gasteiger charge is -2.06. The molecule has 0 unspecified atom stereocenters. The van der Waals surface area contributed by atoms with Gasteiger partial charge in [0.2, 0.25) is 5.82 Å². The zero-order chi connectivity index (χ0) is 14.0. The first kappa shape index (κ1) is 13.4. The Morgan fingerprint density at radius 2 is 2.21 bits per heavy atom. The largest absolute Gasteiger partial charge is 0.374 e. The van der Waals surface area contributed by atoms with Gasteiger partial charge in [-0.15, -0.1) is 11.3 Å². The lowest BCUT2D eigenvalue weighted by atomic mass is 10.2. The van der Waals surface area contributed by atoms with Gasteiger partial charge in [0.05, 0.1) is 22.2 Å². The molecule has 0 amide bonds. The summed E-state index contributed by atoms with van der Waals surface area (Å²) in [6.45, 7) is 4.16. The van der Waals surface area contributed by atoms with Crippen LogP contribution in [-0.2, 0) is 6.54 Å². The number of benzene rings is 1. The van der Waals surface area contributed by atoms with Crippen molar-refractivity contribution in [2.75, 3.05) is 5.32 Å². The number of anilines is 1. The number of halogens is 1. The Bertz CT molecular complexity index is 627. The summed E-state index contributed by atoms with van der Waals surface area (Å²) in [4.78, 5) is 15.5. The second kappa shape index (κ2) is 5.31. The third kappa shape index (κ3) is 2.87. The van der Waals surface area contributed by atoms with Crippen molar-refractivity contribution < 1.29 is 9.31 Å². The Kier molecular flexibility index (Phi) is 3.75. The quantitative estimate of drug-likeness (QED) is 0.688. The molecule has 1 heterocycles. The maximum absolute atomic E-state index is 13.4. The molecular weight excluding hydrogens is 269 g/mol. The predicted molar refractivity (Wildman–Crippen MR) is 72.0 cm³/mol. The van der Waals surface area contributed by atoms with E-state index in [1.165, 1.54) is 12.1 Å². The molecule has 1 aromatic carbocycles. The molecule has 1 aromatic heterocycles. The van der Waals surface area contributed by atoms with Crippen molar-refractivity contribution in [2.45, 2.75) is 20.4 Å². The summed E-state index contributed by atoms with van der Waals surface area (Å²) < 4.78 is 13.4. The van der Waals surface area contributed by atoms with Gasteiger partial charge in [-0.05, 0) is 26.0 Å². The first-order valence-electron chi connectivity index (χ1n) is 5.58. The molecule has 0 saturated heterocycles. The molecule has 0 aliphatic heterocycles. The van der Waals surface area contributed by atoms with Crippen molar-refractivity contribution in [1.29, 1.82) is 0 Å². The fourth-order valence-electron chi connectivity index (χ4n) is 1.76. The van der Waals surface area contributed by atoms with Gasteiger partial charge in [0.25, 0.3) is 0 Å². The maximum Gasteiger partial charge on any atom is 0.327 e. The van der Waals surface area contributed by atoms with Crippen LogP contribution in [0.5, 0.6) is 0 Å². The Labute approximate surface area is 113 Å². The number of rotatable bonds is 4. The number of aryl methyl sites for hydroxylation is 2. The normalized spacial score (nSPS) is 10.5. The van der Waals surface area contributed by atoms with Crippen LogP contribution in [0.1, 0.15) is 15.6 Å². The van der Waals surface area contributed by atoms with E-state index in [0.29, 0.717) is 6.54 Å². The number of para-hydroxylation sites is 1. The fourth-order valence-corrected chi connectivity index (χ4v) is 2.59. The Hall–Kier alpha value is -2.02. The Morgan fingerprint density at radius 3 is 2.79 bits per heavy atom. The molecule has 1 N–H and O–H groups in total. The van der Waals surface area contributed by atoms with Crippen molar-refractivity contribution in [1.82, 2.24) is 4.98 Å². The highest BCUT2D eigenvalue weighted by Gasteiger charge is 2.19. The second-order valence-electron chi connectivity index (χ2n) is 3.98. The van der Waals surface area contributed by atoms with Crippen molar-refractivity contribution >= 4 is 22.7 Å². The molecule has 2 rings (SSSR count). The standard InChI is InChI=1S/C12H12FN3O2S/c1-7-11(15-8(2)19-7)6-14-10-5-3-4-9(13)12(10)16(17)18/h3-5,14H,6H2,1-2H3. The number of aromatic nitrogens is 1. The number of hydrogen-bond donors (Lipinski definition) is 1. The van der Waals surface area contributed by atoms with E-state index in [1.54, 1.807) is 11.3 Å². The average Bonchev–Trinajstić information content (AvgIpc) is 2.64. The van der Waals surface area contributed by atoms with Gasteiger partial charge in [0.1, 0.15) is 5.69 Å². The van der Waals surface area contributed by atoms with Gasteiger partial charge in [-0.25, -0.2) is 4.98 Å². The van der Waals surface area contributed by atoms with E-state index >= 15 is 0 Å². The van der Waals surface area contributed by atoms with E-state index in [0.717, 1.165) is 21.6 Å². The van der Waals surface area contributed by atoms with E-state index < -0.39 is 16.4 Å². The summed E-state index contributed by atoms with van der Waals surface area (Å²) in [5.41, 5.74) is 0.447. The van der Waals surface area contributed by atoms with E-state index in [1.807, 2.05) is 13.8 Å². The van der Waals surface area contributed by atoms with Crippen molar-refractivity contribution in [3.05, 3.63) is 49.7 Å². The molecule has 19 heavy (non-hydrogen) atoms. The van der Waals surface area contributed by atoms with Crippen LogP contribution in [0, 0.1) is 29.8 Å². The zero-order valence-electron chi connectivity index (χ0n) is 10.4. The van der Waals surface area contributed by atoms with Crippen LogP contribution in [0.2, 0.25) is 0 Å². The van der Waals surface area contributed by atoms with Crippen LogP contribution in [0.25, 0.3) is 0 Å². The molecule has 0 radical (unpaired) electrons. The third-order valence-electron chi connectivity index (χ3n) is 2.62. The summed E-state index contributed by atoms with van der Waals surface area (Å²) >= 11 is 1.56. The van der Waals surface area contributed by atoms with Gasteiger partial charge in [0, 0.05) is 4.88 Å². The van der Waals surface area contributed by atoms with Gasteiger partial charge >= 0.3 is 5.69 Å². The highest BCUT2D eigenvalue weighted by molar-refractivity contribution is 7.11. The van der Waals surface area contributed by atoms with E-state index in [4.69, 9.17) is 0 Å². The lowest BCUT2D eigenvalue weighted by molar-refractivity contribution is -0.386. The Morgan fingerprint density at radius 1 is 1.47 bits per heavy atom. The van der Waals surface area contributed by atoms with Crippen LogP contribution < -0.4 is 5.32 Å². The molecular formula is C12H12FN3O2S. The molecule has 2 aromatic rings. The van der Waals surface area contributed by atoms with E-state index in [9.17, 15) is 14.5 Å². The number of nitrogens with zero attached hydrogens (tertiary/aromatic N) is 2. The monoisotopic (exact) mass is 281 g/mol. The zero-order valence-corrected chi connectivity index (χ0v) is 11.3. The average molecular weight is 281 g/mol. The molecule has 0 spiro atoms. The van der Waals surface area contributed by atoms with Crippen molar-refractivity contribution in [3.8, 4) is 0 Å². The summed E-state index contributed by atoms with van der Waals surface area (Å²) in [5, 5.41) is 14.6. The lowest BCUT2D eigenvalue weighted by Crippen LogP contribution is -2.05. The third-order valence-corrected chi connectivity index (χ3v) is 3.54. The van der Waals surface area contributed by atoms with Crippen LogP contribution in [0.3, 0.4) is 0 Å². The predicted octanol–water partition coefficient (Wildman–Crippen LogP) is 3.42. The summed E-state index contributed by atoms with van der Waals surface area (Å²) in [6.07, 6.45) is 0. The highest BCUT2D eigenvalue weighted by Crippen LogP contribution is 2.28. The number of nitrogens with one attached hydrogen (secondary N) is 1. The van der Waals surface area contributed by atoms with E-state index in [2.05, 4.69) is 10.3 Å². The van der Waals surface area contributed by atoms with Crippen LogP contribution >= 0.6 is 11.3 Å². The number of nitro benzene ring substituents is 1. The topological polar surface area (TPSA) is 68.1 Å². The molecule has 7 heteroatoms. The molecule has 0 aliphatic rings. The second-order valence-corrected chi connectivity index (χ2v) is 5.39. The van der Waals surface area contributed by atoms with Crippen LogP contribution in [0.15, 0.2) is 18.2 Å². The number of thiazole rings is 1. The molecule has 0 atom stereocenters. The summed E-state index contributed by atoms with van der Waals surface area (Å²) in [6, 6.07) is 3.99. The minimum absolute atomic E-state index is 0.162. The minimum atomic E-state index is -0.846. The van der Waals surface area contributed by atoms with Crippen LogP contribution in [-0.4, -0.2) is 9.91 Å². The van der Waals surface area contributed by atoms with Gasteiger partial charge in [0.15, 0.2) is 0 Å². The maximum atomic E-state index is 13.4. The van der Waals surface area contributed by atoms with Crippen LogP contribution in [0.4, 0.5) is 15.8 Å². The molecule has 0 bridgehead atoms. The van der Waals surface area contributed by atoms with Crippen molar-refractivity contribution in [3.63, 3.8) is 0 Å². The first-order valence-corrected chi connectivity index (χ1v) is 6.40. The minimum Gasteiger partial charge on any atom is -0.374 e. The summed E-state index contributed by atoms with van der Waals surface area (Å²) in [5.74, 6) is -0.846. The van der Waals surface area contributed by atoms with Gasteiger partial charge < -0.3 is 5.32 Å².